The lowest BCUT2D eigenvalue weighted by Crippen LogP contribution is -2.20. The molecule has 0 unspecified atom stereocenters. The Hall–Kier alpha value is -2.75. The monoisotopic (exact) mass is 324 g/mol. The van der Waals surface area contributed by atoms with Crippen molar-refractivity contribution < 1.29 is 19.7 Å². The van der Waals surface area contributed by atoms with Crippen molar-refractivity contribution in [2.75, 3.05) is 0 Å². The number of carbonyl (C=O) groups is 1. The van der Waals surface area contributed by atoms with Gasteiger partial charge in [0.1, 0.15) is 28.9 Å². The third kappa shape index (κ3) is 3.13. The molecule has 0 bridgehead atoms. The number of fused-ring (bicyclic) bond motifs is 1. The van der Waals surface area contributed by atoms with E-state index in [1.54, 1.807) is 36.4 Å². The Morgan fingerprint density at radius 1 is 1.17 bits per heavy atom. The average molecular weight is 324 g/mol. The number of allylic oxidation sites excluding steroid dienone is 2. The fourth-order valence-electron chi connectivity index (χ4n) is 2.80. The number of ketones is 1. The Balaban J connectivity index is 1.92. The molecule has 3 rings (SSSR count). The Morgan fingerprint density at radius 2 is 1.88 bits per heavy atom. The molecule has 4 heteroatoms. The van der Waals surface area contributed by atoms with Gasteiger partial charge in [-0.05, 0) is 49.6 Å². The molecule has 0 radical (unpaired) electrons. The minimum atomic E-state index is -0.409. The van der Waals surface area contributed by atoms with Crippen LogP contribution < -0.4 is 4.74 Å². The van der Waals surface area contributed by atoms with Crippen molar-refractivity contribution in [1.82, 2.24) is 0 Å². The zero-order valence-electron chi connectivity index (χ0n) is 13.7. The van der Waals surface area contributed by atoms with Crippen LogP contribution in [0.25, 0.3) is 0 Å². The first-order valence-corrected chi connectivity index (χ1v) is 7.92. The number of hydrogen-bond acceptors (Lipinski definition) is 4. The number of aromatic hydroxyl groups is 2. The Labute approximate surface area is 141 Å². The molecule has 0 saturated heterocycles. The lowest BCUT2D eigenvalue weighted by atomic mass is 9.93. The van der Waals surface area contributed by atoms with Gasteiger partial charge in [-0.3, -0.25) is 4.79 Å². The van der Waals surface area contributed by atoms with E-state index in [2.05, 4.69) is 0 Å². The lowest BCUT2D eigenvalue weighted by molar-refractivity contribution is 0.0845. The number of Topliss-reactive ketones (excluding diaryl/α,β-unsaturated/α-hetero) is 1. The van der Waals surface area contributed by atoms with Crippen LogP contribution in [0.2, 0.25) is 0 Å². The van der Waals surface area contributed by atoms with Crippen molar-refractivity contribution in [3.8, 4) is 17.2 Å². The maximum atomic E-state index is 12.5. The first-order valence-electron chi connectivity index (χ1n) is 7.92. The molecule has 0 amide bonds. The van der Waals surface area contributed by atoms with E-state index in [0.29, 0.717) is 12.2 Å². The summed E-state index contributed by atoms with van der Waals surface area (Å²) in [6, 6.07) is 10.1. The zero-order valence-corrected chi connectivity index (χ0v) is 13.7. The van der Waals surface area contributed by atoms with E-state index in [-0.39, 0.29) is 29.3 Å². The third-order valence-electron chi connectivity index (χ3n) is 4.14. The van der Waals surface area contributed by atoms with E-state index < -0.39 is 6.10 Å². The second-order valence-electron chi connectivity index (χ2n) is 6.26. The second-order valence-corrected chi connectivity index (χ2v) is 6.26. The highest BCUT2D eigenvalue weighted by molar-refractivity contribution is 6.02. The Morgan fingerprint density at radius 3 is 2.54 bits per heavy atom. The summed E-state index contributed by atoms with van der Waals surface area (Å²) in [6.45, 7) is 3.98. The van der Waals surface area contributed by atoms with Crippen LogP contribution in [0.5, 0.6) is 17.2 Å². The van der Waals surface area contributed by atoms with Crippen LogP contribution in [0, 0.1) is 0 Å². The van der Waals surface area contributed by atoms with Gasteiger partial charge < -0.3 is 14.9 Å². The molecule has 2 aromatic carbocycles. The predicted molar refractivity (Wildman–Crippen MR) is 91.7 cm³/mol. The molecule has 0 aliphatic carbocycles. The maximum Gasteiger partial charge on any atom is 0.174 e. The zero-order chi connectivity index (χ0) is 17.3. The highest BCUT2D eigenvalue weighted by atomic mass is 16.5. The van der Waals surface area contributed by atoms with Gasteiger partial charge in [0.25, 0.3) is 0 Å². The molecule has 2 aromatic rings. The smallest absolute Gasteiger partial charge is 0.174 e. The molecule has 2 N–H and O–H groups in total. The number of rotatable bonds is 3. The molecule has 1 atom stereocenters. The van der Waals surface area contributed by atoms with Crippen LogP contribution in [0.1, 0.15) is 47.9 Å². The van der Waals surface area contributed by atoms with Gasteiger partial charge in [-0.15, -0.1) is 0 Å². The minimum absolute atomic E-state index is 0.0131. The summed E-state index contributed by atoms with van der Waals surface area (Å²) >= 11 is 0. The molecule has 1 aliphatic rings. The molecule has 24 heavy (non-hydrogen) atoms. The van der Waals surface area contributed by atoms with Gasteiger partial charge in [0, 0.05) is 0 Å². The van der Waals surface area contributed by atoms with Crippen molar-refractivity contribution in [2.24, 2.45) is 0 Å². The summed E-state index contributed by atoms with van der Waals surface area (Å²) in [6.07, 6.45) is 2.34. The van der Waals surface area contributed by atoms with E-state index in [9.17, 15) is 15.0 Å². The average Bonchev–Trinajstić information content (AvgIpc) is 2.54. The highest BCUT2D eigenvalue weighted by Gasteiger charge is 2.31. The lowest BCUT2D eigenvalue weighted by Gasteiger charge is -2.26. The van der Waals surface area contributed by atoms with Gasteiger partial charge in [-0.25, -0.2) is 0 Å². The van der Waals surface area contributed by atoms with E-state index in [4.69, 9.17) is 4.74 Å². The quantitative estimate of drug-likeness (QED) is 0.826. The van der Waals surface area contributed by atoms with Crippen molar-refractivity contribution in [1.29, 1.82) is 0 Å². The van der Waals surface area contributed by atoms with Crippen molar-refractivity contribution in [3.63, 3.8) is 0 Å². The molecule has 124 valence electrons. The van der Waals surface area contributed by atoms with Crippen LogP contribution in [0.15, 0.2) is 48.0 Å². The Kier molecular flexibility index (Phi) is 4.30. The molecule has 4 nitrogen and oxygen atoms in total. The van der Waals surface area contributed by atoms with Crippen molar-refractivity contribution in [2.45, 2.75) is 32.8 Å². The SMILES string of the molecule is CC(C)=CCc1ccc2c(c1O)C(=O)C[C@@H](c1ccc(O)cc1)O2. The van der Waals surface area contributed by atoms with Gasteiger partial charge in [0.2, 0.25) is 0 Å². The molecule has 1 aliphatic heterocycles. The Bertz CT molecular complexity index is 799. The van der Waals surface area contributed by atoms with Crippen LogP contribution in [0.3, 0.4) is 0 Å². The summed E-state index contributed by atoms with van der Waals surface area (Å²) in [4.78, 5) is 12.5. The first-order chi connectivity index (χ1) is 11.5. The van der Waals surface area contributed by atoms with Gasteiger partial charge >= 0.3 is 0 Å². The number of phenols is 2. The van der Waals surface area contributed by atoms with Gasteiger partial charge in [0.05, 0.1) is 6.42 Å². The number of ether oxygens (including phenoxy) is 1. The molecule has 1 heterocycles. The second kappa shape index (κ2) is 6.40. The van der Waals surface area contributed by atoms with E-state index in [1.165, 1.54) is 0 Å². The molecule has 0 spiro atoms. The van der Waals surface area contributed by atoms with E-state index in [1.807, 2.05) is 19.9 Å². The molecule has 0 aromatic heterocycles. The summed E-state index contributed by atoms with van der Waals surface area (Å²) in [5, 5.41) is 19.8. The third-order valence-corrected chi connectivity index (χ3v) is 4.14. The number of benzene rings is 2. The van der Waals surface area contributed by atoms with Crippen LogP contribution in [-0.2, 0) is 6.42 Å². The van der Waals surface area contributed by atoms with Crippen molar-refractivity contribution in [3.05, 3.63) is 64.7 Å². The number of carbonyl (C=O) groups excluding carboxylic acids is 1. The van der Waals surface area contributed by atoms with Gasteiger partial charge in [-0.2, -0.15) is 0 Å². The van der Waals surface area contributed by atoms with E-state index >= 15 is 0 Å². The minimum Gasteiger partial charge on any atom is -0.508 e. The van der Waals surface area contributed by atoms with Crippen molar-refractivity contribution >= 4 is 5.78 Å². The molecular weight excluding hydrogens is 304 g/mol. The predicted octanol–water partition coefficient (Wildman–Crippen LogP) is 4.31. The summed E-state index contributed by atoms with van der Waals surface area (Å²) in [5.41, 5.74) is 2.96. The van der Waals surface area contributed by atoms with Gasteiger partial charge in [0.15, 0.2) is 5.78 Å². The molecule has 0 saturated carbocycles. The van der Waals surface area contributed by atoms with Crippen LogP contribution >= 0.6 is 0 Å². The van der Waals surface area contributed by atoms with Gasteiger partial charge in [-0.1, -0.05) is 29.8 Å². The van der Waals surface area contributed by atoms with Crippen LogP contribution in [0.4, 0.5) is 0 Å². The number of phenolic OH excluding ortho intramolecular Hbond substituents is 2. The summed E-state index contributed by atoms with van der Waals surface area (Å²) in [5.74, 6) is 0.454. The maximum absolute atomic E-state index is 12.5. The summed E-state index contributed by atoms with van der Waals surface area (Å²) in [7, 11) is 0. The standard InChI is InChI=1S/C20H20O4/c1-12(2)3-4-14-7-10-17-19(20(14)23)16(22)11-18(24-17)13-5-8-15(21)9-6-13/h3,5-10,18,21,23H,4,11H2,1-2H3/t18-/m0/s1. The molecular formula is C20H20O4. The largest absolute Gasteiger partial charge is 0.508 e. The summed E-state index contributed by atoms with van der Waals surface area (Å²) < 4.78 is 5.91. The highest BCUT2D eigenvalue weighted by Crippen LogP contribution is 2.41. The van der Waals surface area contributed by atoms with Crippen LogP contribution in [-0.4, -0.2) is 16.0 Å². The topological polar surface area (TPSA) is 66.8 Å². The molecule has 0 fully saturated rings. The van der Waals surface area contributed by atoms with E-state index in [0.717, 1.165) is 16.7 Å². The fourth-order valence-corrected chi connectivity index (χ4v) is 2.80. The first kappa shape index (κ1) is 16.1. The normalized spacial score (nSPS) is 16.2. The number of hydrogen-bond donors (Lipinski definition) is 2. The fraction of sp³-hybridized carbons (Fsp3) is 0.250.